The van der Waals surface area contributed by atoms with Crippen molar-refractivity contribution in [3.8, 4) is 11.5 Å². The number of benzene rings is 2. The second kappa shape index (κ2) is 6.75. The molecule has 20 heavy (non-hydrogen) atoms. The fraction of sp³-hybridized carbons (Fsp3) is 0.235. The van der Waals surface area contributed by atoms with Crippen LogP contribution in [0.4, 0.5) is 0 Å². The van der Waals surface area contributed by atoms with Gasteiger partial charge in [0.2, 0.25) is 0 Å². The Balaban J connectivity index is 1.97. The molecule has 0 spiro atoms. The topological polar surface area (TPSA) is 38.3 Å². The van der Waals surface area contributed by atoms with Crippen molar-refractivity contribution >= 4 is 5.91 Å². The lowest BCUT2D eigenvalue weighted by molar-refractivity contribution is 0.0949. The summed E-state index contributed by atoms with van der Waals surface area (Å²) in [5, 5.41) is 2.89. The van der Waals surface area contributed by atoms with Crippen molar-refractivity contribution in [1.29, 1.82) is 0 Å². The Hall–Kier alpha value is -2.29. The van der Waals surface area contributed by atoms with E-state index in [0.717, 1.165) is 11.5 Å². The summed E-state index contributed by atoms with van der Waals surface area (Å²) in [6.45, 7) is 4.81. The van der Waals surface area contributed by atoms with Crippen molar-refractivity contribution in [1.82, 2.24) is 5.32 Å². The van der Waals surface area contributed by atoms with Crippen molar-refractivity contribution in [2.24, 2.45) is 5.92 Å². The minimum atomic E-state index is -0.0510. The van der Waals surface area contributed by atoms with Crippen LogP contribution < -0.4 is 10.1 Å². The lowest BCUT2D eigenvalue weighted by atomic mass is 10.2. The molecule has 0 heterocycles. The van der Waals surface area contributed by atoms with Gasteiger partial charge in [-0.2, -0.15) is 0 Å². The van der Waals surface area contributed by atoms with Gasteiger partial charge in [-0.1, -0.05) is 32.0 Å². The van der Waals surface area contributed by atoms with Gasteiger partial charge in [-0.3, -0.25) is 4.79 Å². The molecule has 1 amide bonds. The Morgan fingerprint density at radius 3 is 2.20 bits per heavy atom. The van der Waals surface area contributed by atoms with Crippen molar-refractivity contribution in [3.63, 3.8) is 0 Å². The van der Waals surface area contributed by atoms with Crippen LogP contribution in [0.15, 0.2) is 54.6 Å². The van der Waals surface area contributed by atoms with Gasteiger partial charge in [0.15, 0.2) is 0 Å². The molecular formula is C17H19NO2. The average Bonchev–Trinajstić information content (AvgIpc) is 2.46. The zero-order chi connectivity index (χ0) is 14.4. The minimum absolute atomic E-state index is 0.0510. The molecule has 2 aromatic rings. The van der Waals surface area contributed by atoms with Crippen molar-refractivity contribution in [2.45, 2.75) is 13.8 Å². The summed E-state index contributed by atoms with van der Waals surface area (Å²) < 4.78 is 5.68. The first-order valence-electron chi connectivity index (χ1n) is 6.76. The predicted octanol–water partition coefficient (Wildman–Crippen LogP) is 3.86. The van der Waals surface area contributed by atoms with Crippen molar-refractivity contribution in [3.05, 3.63) is 60.2 Å². The molecular weight excluding hydrogens is 250 g/mol. The Kier molecular flexibility index (Phi) is 4.77. The number of rotatable bonds is 5. The highest BCUT2D eigenvalue weighted by Gasteiger charge is 2.06. The standard InChI is InChI=1S/C17H19NO2/c1-13(2)12-18-17(19)14-8-10-16(11-9-14)20-15-6-4-3-5-7-15/h3-11,13H,12H2,1-2H3,(H,18,19). The van der Waals surface area contributed by atoms with E-state index < -0.39 is 0 Å². The summed E-state index contributed by atoms with van der Waals surface area (Å²) >= 11 is 0. The molecule has 0 unspecified atom stereocenters. The van der Waals surface area contributed by atoms with E-state index in [9.17, 15) is 4.79 Å². The maximum atomic E-state index is 11.9. The zero-order valence-electron chi connectivity index (χ0n) is 11.8. The summed E-state index contributed by atoms with van der Waals surface area (Å²) in [6, 6.07) is 16.7. The Morgan fingerprint density at radius 1 is 1.00 bits per heavy atom. The monoisotopic (exact) mass is 269 g/mol. The average molecular weight is 269 g/mol. The molecule has 0 aromatic heterocycles. The molecule has 3 heteroatoms. The SMILES string of the molecule is CC(C)CNC(=O)c1ccc(Oc2ccccc2)cc1. The first kappa shape index (κ1) is 14.1. The molecule has 0 atom stereocenters. The van der Waals surface area contributed by atoms with E-state index in [1.54, 1.807) is 24.3 Å². The van der Waals surface area contributed by atoms with Gasteiger partial charge in [0.05, 0.1) is 0 Å². The third kappa shape index (κ3) is 4.12. The second-order valence-corrected chi connectivity index (χ2v) is 5.04. The van der Waals surface area contributed by atoms with Gasteiger partial charge in [0.25, 0.3) is 5.91 Å². The van der Waals surface area contributed by atoms with Gasteiger partial charge in [0.1, 0.15) is 11.5 Å². The molecule has 104 valence electrons. The molecule has 0 fully saturated rings. The Morgan fingerprint density at radius 2 is 1.60 bits per heavy atom. The Bertz CT molecular complexity index is 547. The lowest BCUT2D eigenvalue weighted by Crippen LogP contribution is -2.27. The molecule has 0 bridgehead atoms. The van der Waals surface area contributed by atoms with Crippen molar-refractivity contribution < 1.29 is 9.53 Å². The summed E-state index contributed by atoms with van der Waals surface area (Å²) in [7, 11) is 0. The van der Waals surface area contributed by atoms with Crippen LogP contribution in [0, 0.1) is 5.92 Å². The molecule has 2 rings (SSSR count). The second-order valence-electron chi connectivity index (χ2n) is 5.04. The minimum Gasteiger partial charge on any atom is -0.457 e. The molecule has 1 N–H and O–H groups in total. The predicted molar refractivity (Wildman–Crippen MR) is 80.1 cm³/mol. The molecule has 2 aromatic carbocycles. The highest BCUT2D eigenvalue weighted by Crippen LogP contribution is 2.21. The fourth-order valence-electron chi connectivity index (χ4n) is 1.70. The van der Waals surface area contributed by atoms with Gasteiger partial charge in [-0.15, -0.1) is 0 Å². The van der Waals surface area contributed by atoms with E-state index in [1.807, 2.05) is 30.3 Å². The van der Waals surface area contributed by atoms with Gasteiger partial charge < -0.3 is 10.1 Å². The normalized spacial score (nSPS) is 10.3. The van der Waals surface area contributed by atoms with Crippen LogP contribution in [-0.4, -0.2) is 12.5 Å². The number of hydrogen-bond donors (Lipinski definition) is 1. The van der Waals surface area contributed by atoms with E-state index in [2.05, 4.69) is 19.2 Å². The molecule has 3 nitrogen and oxygen atoms in total. The number of carbonyl (C=O) groups excluding carboxylic acids is 1. The molecule has 0 saturated heterocycles. The number of amides is 1. The van der Waals surface area contributed by atoms with Gasteiger partial charge in [0, 0.05) is 12.1 Å². The highest BCUT2D eigenvalue weighted by molar-refractivity contribution is 5.94. The first-order valence-corrected chi connectivity index (χ1v) is 6.76. The maximum absolute atomic E-state index is 11.9. The molecule has 0 aliphatic rings. The lowest BCUT2D eigenvalue weighted by Gasteiger charge is -2.09. The van der Waals surface area contributed by atoms with E-state index in [-0.39, 0.29) is 5.91 Å². The number of nitrogens with one attached hydrogen (secondary N) is 1. The van der Waals surface area contributed by atoms with E-state index >= 15 is 0 Å². The summed E-state index contributed by atoms with van der Waals surface area (Å²) in [5.74, 6) is 1.89. The number of carbonyl (C=O) groups is 1. The quantitative estimate of drug-likeness (QED) is 0.895. The summed E-state index contributed by atoms with van der Waals surface area (Å²) in [5.41, 5.74) is 0.645. The fourth-order valence-corrected chi connectivity index (χ4v) is 1.70. The van der Waals surface area contributed by atoms with E-state index in [1.165, 1.54) is 0 Å². The van der Waals surface area contributed by atoms with Crippen LogP contribution in [0.3, 0.4) is 0 Å². The smallest absolute Gasteiger partial charge is 0.251 e. The highest BCUT2D eigenvalue weighted by atomic mass is 16.5. The number of hydrogen-bond acceptors (Lipinski definition) is 2. The maximum Gasteiger partial charge on any atom is 0.251 e. The molecule has 0 aliphatic heterocycles. The first-order chi connectivity index (χ1) is 9.65. The molecule has 0 radical (unpaired) electrons. The molecule has 0 aliphatic carbocycles. The third-order valence-electron chi connectivity index (χ3n) is 2.77. The van der Waals surface area contributed by atoms with Crippen LogP contribution in [0.2, 0.25) is 0 Å². The van der Waals surface area contributed by atoms with Gasteiger partial charge in [-0.25, -0.2) is 0 Å². The van der Waals surface area contributed by atoms with E-state index in [4.69, 9.17) is 4.74 Å². The van der Waals surface area contributed by atoms with Gasteiger partial charge in [-0.05, 0) is 42.3 Å². The van der Waals surface area contributed by atoms with E-state index in [0.29, 0.717) is 18.0 Å². The largest absolute Gasteiger partial charge is 0.457 e. The van der Waals surface area contributed by atoms with Crippen molar-refractivity contribution in [2.75, 3.05) is 6.54 Å². The summed E-state index contributed by atoms with van der Waals surface area (Å²) in [6.07, 6.45) is 0. The van der Waals surface area contributed by atoms with Crippen LogP contribution in [-0.2, 0) is 0 Å². The number of para-hydroxylation sites is 1. The van der Waals surface area contributed by atoms with Crippen LogP contribution in [0.5, 0.6) is 11.5 Å². The van der Waals surface area contributed by atoms with Crippen LogP contribution in [0.1, 0.15) is 24.2 Å². The third-order valence-corrected chi connectivity index (χ3v) is 2.77. The van der Waals surface area contributed by atoms with Crippen LogP contribution >= 0.6 is 0 Å². The Labute approximate surface area is 119 Å². The summed E-state index contributed by atoms with van der Waals surface area (Å²) in [4.78, 5) is 11.9. The molecule has 0 saturated carbocycles. The van der Waals surface area contributed by atoms with Gasteiger partial charge >= 0.3 is 0 Å². The van der Waals surface area contributed by atoms with Crippen LogP contribution in [0.25, 0.3) is 0 Å². The zero-order valence-corrected chi connectivity index (χ0v) is 11.8. The number of ether oxygens (including phenoxy) is 1.